The molecule has 3 heterocycles. The average Bonchev–Trinajstić information content (AvgIpc) is 3.05. The van der Waals surface area contributed by atoms with Crippen molar-refractivity contribution in [2.24, 2.45) is 5.92 Å². The van der Waals surface area contributed by atoms with Gasteiger partial charge in [-0.05, 0) is 79.1 Å². The third kappa shape index (κ3) is 6.67. The number of carbonyl (C=O) groups is 3. The average molecular weight is 561 g/mol. The number of piperidine rings is 1. The molecule has 1 fully saturated rings. The molecule has 9 nitrogen and oxygen atoms in total. The van der Waals surface area contributed by atoms with E-state index in [2.05, 4.69) is 16.0 Å². The van der Waals surface area contributed by atoms with Crippen LogP contribution in [-0.2, 0) is 6.42 Å². The smallest absolute Gasteiger partial charge is 0.272 e. The third-order valence-electron chi connectivity index (χ3n) is 7.20. The van der Waals surface area contributed by atoms with Gasteiger partial charge in [0.15, 0.2) is 11.6 Å². The predicted octanol–water partition coefficient (Wildman–Crippen LogP) is 5.31. The molecule has 1 aliphatic heterocycles. The van der Waals surface area contributed by atoms with Crippen LogP contribution in [0.2, 0.25) is 0 Å². The number of Topliss-reactive ketones (excluding diaryl/α,β-unsaturated/α-hetero) is 2. The van der Waals surface area contributed by atoms with E-state index in [4.69, 9.17) is 14.7 Å². The molecular formula is C33H28N4O5. The summed E-state index contributed by atoms with van der Waals surface area (Å²) in [6, 6.07) is 22.4. The summed E-state index contributed by atoms with van der Waals surface area (Å²) >= 11 is 0. The molecule has 0 radical (unpaired) electrons. The van der Waals surface area contributed by atoms with Crippen LogP contribution in [0.5, 0.6) is 17.4 Å². The molecule has 0 unspecified atom stereocenters. The van der Waals surface area contributed by atoms with E-state index in [0.29, 0.717) is 65.6 Å². The molecule has 1 aliphatic rings. The molecule has 0 spiro atoms. The lowest BCUT2D eigenvalue weighted by atomic mass is 9.88. The van der Waals surface area contributed by atoms with E-state index in [1.54, 1.807) is 91.0 Å². The van der Waals surface area contributed by atoms with Crippen LogP contribution < -0.4 is 9.47 Å². The second-order valence-corrected chi connectivity index (χ2v) is 9.93. The van der Waals surface area contributed by atoms with Crippen LogP contribution >= 0.6 is 0 Å². The SMILES string of the molecule is COc1ccc(C(=O)C2CCN(C(=O)c3ccc(C(=O)Cc4ccc(Oc5ccc(C#N)cc5)nc4)cn3)CC2)cc1. The number of methoxy groups -OCH3 is 1. The molecule has 0 aliphatic carbocycles. The number of hydrogen-bond acceptors (Lipinski definition) is 8. The Labute approximate surface area is 243 Å². The Kier molecular flexibility index (Phi) is 8.64. The molecule has 4 aromatic rings. The summed E-state index contributed by atoms with van der Waals surface area (Å²) in [6.45, 7) is 0.928. The number of benzene rings is 2. The summed E-state index contributed by atoms with van der Waals surface area (Å²) in [5.74, 6) is 1.20. The van der Waals surface area contributed by atoms with E-state index in [1.807, 2.05) is 0 Å². The Morgan fingerprint density at radius 2 is 1.55 bits per heavy atom. The van der Waals surface area contributed by atoms with Crippen molar-refractivity contribution >= 4 is 17.5 Å². The summed E-state index contributed by atoms with van der Waals surface area (Å²) in [6.07, 6.45) is 4.28. The summed E-state index contributed by atoms with van der Waals surface area (Å²) in [7, 11) is 1.58. The van der Waals surface area contributed by atoms with Gasteiger partial charge in [0, 0.05) is 55.0 Å². The van der Waals surface area contributed by atoms with Crippen molar-refractivity contribution in [1.29, 1.82) is 5.26 Å². The summed E-state index contributed by atoms with van der Waals surface area (Å²) in [4.78, 5) is 49.0. The minimum absolute atomic E-state index is 0.0782. The molecule has 0 saturated carbocycles. The van der Waals surface area contributed by atoms with Gasteiger partial charge in [0.1, 0.15) is 17.2 Å². The lowest BCUT2D eigenvalue weighted by Crippen LogP contribution is -2.40. The molecular weight excluding hydrogens is 532 g/mol. The van der Waals surface area contributed by atoms with E-state index in [9.17, 15) is 14.4 Å². The first-order valence-corrected chi connectivity index (χ1v) is 13.5. The molecule has 42 heavy (non-hydrogen) atoms. The van der Waals surface area contributed by atoms with E-state index in [1.165, 1.54) is 6.20 Å². The maximum atomic E-state index is 13.0. The first-order chi connectivity index (χ1) is 20.4. The van der Waals surface area contributed by atoms with Gasteiger partial charge in [0.05, 0.1) is 18.7 Å². The van der Waals surface area contributed by atoms with Crippen molar-refractivity contribution in [3.63, 3.8) is 0 Å². The lowest BCUT2D eigenvalue weighted by molar-refractivity contribution is 0.0645. The number of pyridine rings is 2. The zero-order chi connectivity index (χ0) is 29.5. The van der Waals surface area contributed by atoms with Gasteiger partial charge in [-0.25, -0.2) is 4.98 Å². The molecule has 1 saturated heterocycles. The van der Waals surface area contributed by atoms with Crippen LogP contribution in [0.15, 0.2) is 85.2 Å². The summed E-state index contributed by atoms with van der Waals surface area (Å²) < 4.78 is 10.8. The zero-order valence-electron chi connectivity index (χ0n) is 23.0. The van der Waals surface area contributed by atoms with Crippen LogP contribution in [-0.4, -0.2) is 52.5 Å². The Morgan fingerprint density at radius 3 is 2.14 bits per heavy atom. The van der Waals surface area contributed by atoms with Gasteiger partial charge in [-0.15, -0.1) is 0 Å². The number of ether oxygens (including phenoxy) is 2. The highest BCUT2D eigenvalue weighted by Gasteiger charge is 2.29. The third-order valence-corrected chi connectivity index (χ3v) is 7.20. The van der Waals surface area contributed by atoms with Crippen LogP contribution in [0.25, 0.3) is 0 Å². The Bertz CT molecular complexity index is 1600. The van der Waals surface area contributed by atoms with Gasteiger partial charge in [0.25, 0.3) is 5.91 Å². The molecule has 5 rings (SSSR count). The number of amides is 1. The molecule has 210 valence electrons. The van der Waals surface area contributed by atoms with Crippen molar-refractivity contribution in [3.8, 4) is 23.4 Å². The highest BCUT2D eigenvalue weighted by molar-refractivity contribution is 5.99. The first-order valence-electron chi connectivity index (χ1n) is 13.5. The normalized spacial score (nSPS) is 13.2. The Balaban J connectivity index is 1.12. The van der Waals surface area contributed by atoms with Gasteiger partial charge in [-0.1, -0.05) is 6.07 Å². The first kappa shape index (κ1) is 28.2. The predicted molar refractivity (Wildman–Crippen MR) is 154 cm³/mol. The second-order valence-electron chi connectivity index (χ2n) is 9.93. The second kappa shape index (κ2) is 12.9. The fraction of sp³-hybridized carbons (Fsp3) is 0.212. The minimum Gasteiger partial charge on any atom is -0.497 e. The molecule has 2 aromatic carbocycles. The number of hydrogen-bond donors (Lipinski definition) is 0. The van der Waals surface area contributed by atoms with Crippen molar-refractivity contribution in [2.45, 2.75) is 19.3 Å². The maximum absolute atomic E-state index is 13.0. The van der Waals surface area contributed by atoms with Gasteiger partial charge < -0.3 is 14.4 Å². The van der Waals surface area contributed by atoms with E-state index >= 15 is 0 Å². The van der Waals surface area contributed by atoms with Gasteiger partial charge in [-0.2, -0.15) is 5.26 Å². The molecule has 9 heteroatoms. The standard InChI is InChI=1S/C33H28N4O5/c1-41-27-10-5-24(6-11-27)32(39)25-14-16-37(17-15-25)33(40)29-12-7-26(21-35-29)30(38)18-23-4-13-31(36-20-23)42-28-8-2-22(19-34)3-9-28/h2-13,20-21,25H,14-18H2,1H3. The number of nitrogens with zero attached hydrogens (tertiary/aromatic N) is 4. The Morgan fingerprint density at radius 1 is 0.857 bits per heavy atom. The largest absolute Gasteiger partial charge is 0.497 e. The maximum Gasteiger partial charge on any atom is 0.272 e. The molecule has 0 bridgehead atoms. The summed E-state index contributed by atoms with van der Waals surface area (Å²) in [5, 5.41) is 8.90. The molecule has 2 aromatic heterocycles. The van der Waals surface area contributed by atoms with Crippen molar-refractivity contribution in [3.05, 3.63) is 113 Å². The number of nitriles is 1. The molecule has 0 atom stereocenters. The zero-order valence-corrected chi connectivity index (χ0v) is 23.0. The highest BCUT2D eigenvalue weighted by Crippen LogP contribution is 2.24. The topological polar surface area (TPSA) is 122 Å². The number of likely N-dealkylation sites (tertiary alicyclic amines) is 1. The fourth-order valence-electron chi connectivity index (χ4n) is 4.76. The number of rotatable bonds is 9. The Hall–Kier alpha value is -5.36. The fourth-order valence-corrected chi connectivity index (χ4v) is 4.76. The van der Waals surface area contributed by atoms with Crippen LogP contribution in [0, 0.1) is 17.2 Å². The van der Waals surface area contributed by atoms with E-state index < -0.39 is 0 Å². The minimum atomic E-state index is -0.216. The van der Waals surface area contributed by atoms with E-state index in [0.717, 1.165) is 0 Å². The van der Waals surface area contributed by atoms with Crippen LogP contribution in [0.4, 0.5) is 0 Å². The van der Waals surface area contributed by atoms with E-state index in [-0.39, 0.29) is 35.5 Å². The number of ketones is 2. The van der Waals surface area contributed by atoms with Gasteiger partial charge in [-0.3, -0.25) is 19.4 Å². The van der Waals surface area contributed by atoms with Gasteiger partial charge >= 0.3 is 0 Å². The highest BCUT2D eigenvalue weighted by atomic mass is 16.5. The molecule has 1 amide bonds. The van der Waals surface area contributed by atoms with Crippen molar-refractivity contribution in [1.82, 2.24) is 14.9 Å². The lowest BCUT2D eigenvalue weighted by Gasteiger charge is -2.31. The monoisotopic (exact) mass is 560 g/mol. The number of carbonyl (C=O) groups excluding carboxylic acids is 3. The van der Waals surface area contributed by atoms with Crippen LogP contribution in [0.1, 0.15) is 55.2 Å². The van der Waals surface area contributed by atoms with Crippen molar-refractivity contribution in [2.75, 3.05) is 20.2 Å². The molecule has 0 N–H and O–H groups in total. The quantitative estimate of drug-likeness (QED) is 0.253. The summed E-state index contributed by atoms with van der Waals surface area (Å²) in [5.41, 5.74) is 2.55. The van der Waals surface area contributed by atoms with Gasteiger partial charge in [0.2, 0.25) is 5.88 Å². The van der Waals surface area contributed by atoms with Crippen LogP contribution in [0.3, 0.4) is 0 Å². The number of aromatic nitrogens is 2. The van der Waals surface area contributed by atoms with Crippen molar-refractivity contribution < 1.29 is 23.9 Å².